The smallest absolute Gasteiger partial charge is 0.334 e. The van der Waals surface area contributed by atoms with Crippen LogP contribution in [-0.4, -0.2) is 5.97 Å². The minimum absolute atomic E-state index is 0.189. The molecule has 0 bridgehead atoms. The number of hydrogen-bond acceptors (Lipinski definition) is 2. The lowest BCUT2D eigenvalue weighted by Crippen LogP contribution is -2.12. The predicted molar refractivity (Wildman–Crippen MR) is 135 cm³/mol. The zero-order chi connectivity index (χ0) is 22.8. The van der Waals surface area contributed by atoms with Gasteiger partial charge in [-0.25, -0.2) is 4.79 Å². The standard InChI is InChI=1S/C30H40O2/c1-4-5-6-7-8-9-10-11-12-13-18-23(2)24(3)30(31)32-29-27-21-16-14-19-25(27)26-20-15-17-22-28(26)29/h14-17,19-22,29H,4-13,18H2,1-3H3. The van der Waals surface area contributed by atoms with Crippen LogP contribution < -0.4 is 0 Å². The number of unbranched alkanes of at least 4 members (excludes halogenated alkanes) is 9. The van der Waals surface area contributed by atoms with E-state index in [0.29, 0.717) is 0 Å². The van der Waals surface area contributed by atoms with Crippen molar-refractivity contribution in [3.05, 3.63) is 70.8 Å². The van der Waals surface area contributed by atoms with Crippen LogP contribution in [0.4, 0.5) is 0 Å². The molecule has 0 aliphatic heterocycles. The molecule has 0 N–H and O–H groups in total. The third-order valence-electron chi connectivity index (χ3n) is 6.85. The van der Waals surface area contributed by atoms with Crippen molar-refractivity contribution < 1.29 is 9.53 Å². The molecule has 0 unspecified atom stereocenters. The van der Waals surface area contributed by atoms with E-state index in [9.17, 15) is 4.79 Å². The quantitative estimate of drug-likeness (QED) is 0.179. The Kier molecular flexibility index (Phi) is 9.59. The monoisotopic (exact) mass is 432 g/mol. The van der Waals surface area contributed by atoms with Crippen LogP contribution in [0.25, 0.3) is 11.1 Å². The molecule has 0 amide bonds. The van der Waals surface area contributed by atoms with Crippen LogP contribution >= 0.6 is 0 Å². The molecule has 1 aliphatic carbocycles. The molecule has 1 aliphatic rings. The summed E-state index contributed by atoms with van der Waals surface area (Å²) in [6.45, 7) is 6.27. The van der Waals surface area contributed by atoms with Crippen molar-refractivity contribution in [2.75, 3.05) is 0 Å². The Hall–Kier alpha value is -2.35. The van der Waals surface area contributed by atoms with Gasteiger partial charge in [0.1, 0.15) is 0 Å². The summed E-state index contributed by atoms with van der Waals surface area (Å²) in [4.78, 5) is 13.0. The lowest BCUT2D eigenvalue weighted by Gasteiger charge is -2.16. The molecule has 32 heavy (non-hydrogen) atoms. The molecule has 2 heteroatoms. The second-order valence-corrected chi connectivity index (χ2v) is 9.30. The topological polar surface area (TPSA) is 26.3 Å². The molecule has 0 saturated heterocycles. The van der Waals surface area contributed by atoms with E-state index >= 15 is 0 Å². The van der Waals surface area contributed by atoms with Gasteiger partial charge in [-0.05, 0) is 37.8 Å². The Morgan fingerprint density at radius 3 is 1.72 bits per heavy atom. The normalized spacial score (nSPS) is 13.5. The minimum Gasteiger partial charge on any atom is -0.449 e. The summed E-state index contributed by atoms with van der Waals surface area (Å²) in [5.74, 6) is -0.189. The van der Waals surface area contributed by atoms with Crippen molar-refractivity contribution in [3.63, 3.8) is 0 Å². The van der Waals surface area contributed by atoms with Crippen LogP contribution in [0.2, 0.25) is 0 Å². The highest BCUT2D eigenvalue weighted by Gasteiger charge is 2.31. The Bertz CT molecular complexity index is 863. The zero-order valence-corrected chi connectivity index (χ0v) is 20.3. The van der Waals surface area contributed by atoms with Gasteiger partial charge in [0.25, 0.3) is 0 Å². The first-order valence-corrected chi connectivity index (χ1v) is 12.7. The Morgan fingerprint density at radius 1 is 0.719 bits per heavy atom. The summed E-state index contributed by atoms with van der Waals surface area (Å²) in [5, 5.41) is 0. The number of ether oxygens (including phenoxy) is 1. The number of rotatable bonds is 13. The summed E-state index contributed by atoms with van der Waals surface area (Å²) < 4.78 is 6.05. The van der Waals surface area contributed by atoms with Crippen LogP contribution in [-0.2, 0) is 9.53 Å². The van der Waals surface area contributed by atoms with Crippen molar-refractivity contribution in [2.24, 2.45) is 0 Å². The average molecular weight is 433 g/mol. The number of benzene rings is 2. The molecule has 172 valence electrons. The van der Waals surface area contributed by atoms with E-state index in [-0.39, 0.29) is 12.1 Å². The van der Waals surface area contributed by atoms with E-state index in [1.54, 1.807) is 0 Å². The summed E-state index contributed by atoms with van der Waals surface area (Å²) in [7, 11) is 0. The molecule has 0 fully saturated rings. The Balaban J connectivity index is 1.46. The lowest BCUT2D eigenvalue weighted by atomic mass is 10.0. The van der Waals surface area contributed by atoms with E-state index in [4.69, 9.17) is 4.74 Å². The summed E-state index contributed by atoms with van der Waals surface area (Å²) >= 11 is 0. The van der Waals surface area contributed by atoms with Crippen LogP contribution in [0.5, 0.6) is 0 Å². The van der Waals surface area contributed by atoms with Crippen LogP contribution in [0.3, 0.4) is 0 Å². The molecule has 0 saturated carbocycles. The van der Waals surface area contributed by atoms with Gasteiger partial charge in [-0.1, -0.05) is 119 Å². The molecule has 0 aromatic heterocycles. The summed E-state index contributed by atoms with van der Waals surface area (Å²) in [5.41, 5.74) is 6.44. The average Bonchev–Trinajstić information content (AvgIpc) is 3.13. The van der Waals surface area contributed by atoms with Gasteiger partial charge in [0.15, 0.2) is 6.10 Å². The summed E-state index contributed by atoms with van der Waals surface area (Å²) in [6, 6.07) is 16.5. The van der Waals surface area contributed by atoms with Crippen LogP contribution in [0.1, 0.15) is 109 Å². The highest BCUT2D eigenvalue weighted by Crippen LogP contribution is 2.45. The number of carbonyl (C=O) groups excluding carboxylic acids is 1. The van der Waals surface area contributed by atoms with Gasteiger partial charge in [0.2, 0.25) is 0 Å². The molecule has 0 spiro atoms. The van der Waals surface area contributed by atoms with E-state index < -0.39 is 0 Å². The molecular formula is C30H40O2. The third kappa shape index (κ3) is 6.34. The fourth-order valence-electron chi connectivity index (χ4n) is 4.67. The first-order valence-electron chi connectivity index (χ1n) is 12.7. The van der Waals surface area contributed by atoms with Crippen molar-refractivity contribution in [1.82, 2.24) is 0 Å². The molecule has 3 rings (SSSR count). The lowest BCUT2D eigenvalue weighted by molar-refractivity contribution is -0.142. The van der Waals surface area contributed by atoms with Gasteiger partial charge in [-0.3, -0.25) is 0 Å². The largest absolute Gasteiger partial charge is 0.449 e. The fraction of sp³-hybridized carbons (Fsp3) is 0.500. The van der Waals surface area contributed by atoms with Crippen molar-refractivity contribution in [2.45, 2.75) is 97.5 Å². The van der Waals surface area contributed by atoms with Gasteiger partial charge in [0.05, 0.1) is 0 Å². The van der Waals surface area contributed by atoms with Crippen LogP contribution in [0.15, 0.2) is 59.7 Å². The molecule has 0 heterocycles. The maximum absolute atomic E-state index is 13.0. The number of esters is 1. The van der Waals surface area contributed by atoms with Gasteiger partial charge in [-0.2, -0.15) is 0 Å². The second-order valence-electron chi connectivity index (χ2n) is 9.30. The van der Waals surface area contributed by atoms with E-state index in [1.165, 1.54) is 68.9 Å². The van der Waals surface area contributed by atoms with Gasteiger partial charge in [0, 0.05) is 16.7 Å². The van der Waals surface area contributed by atoms with Gasteiger partial charge >= 0.3 is 5.97 Å². The third-order valence-corrected chi connectivity index (χ3v) is 6.85. The van der Waals surface area contributed by atoms with Crippen LogP contribution in [0, 0.1) is 0 Å². The summed E-state index contributed by atoms with van der Waals surface area (Å²) in [6.07, 6.45) is 14.0. The van der Waals surface area contributed by atoms with Crippen molar-refractivity contribution in [3.8, 4) is 11.1 Å². The first kappa shape index (κ1) is 24.3. The molecular weight excluding hydrogens is 392 g/mol. The Morgan fingerprint density at radius 2 is 1.19 bits per heavy atom. The fourth-order valence-corrected chi connectivity index (χ4v) is 4.67. The van der Waals surface area contributed by atoms with Gasteiger partial charge in [-0.15, -0.1) is 0 Å². The maximum atomic E-state index is 13.0. The molecule has 0 radical (unpaired) electrons. The number of carbonyl (C=O) groups is 1. The first-order chi connectivity index (χ1) is 15.6. The predicted octanol–water partition coefficient (Wildman–Crippen LogP) is 8.95. The number of fused-ring (bicyclic) bond motifs is 3. The van der Waals surface area contributed by atoms with Crippen molar-refractivity contribution >= 4 is 5.97 Å². The molecule has 2 aromatic carbocycles. The highest BCUT2D eigenvalue weighted by atomic mass is 16.5. The molecule has 2 aromatic rings. The Labute approximate surface area is 195 Å². The molecule has 0 atom stereocenters. The SMILES string of the molecule is CCCCCCCCCCCCC(C)=C(C)C(=O)OC1c2ccccc2-c2ccccc21. The minimum atomic E-state index is -0.310. The van der Waals surface area contributed by atoms with E-state index in [2.05, 4.69) is 38.1 Å². The highest BCUT2D eigenvalue weighted by molar-refractivity contribution is 5.90. The molecule has 2 nitrogen and oxygen atoms in total. The van der Waals surface area contributed by atoms with E-state index in [0.717, 1.165) is 35.1 Å². The second kappa shape index (κ2) is 12.6. The zero-order valence-electron chi connectivity index (χ0n) is 20.3. The van der Waals surface area contributed by atoms with Gasteiger partial charge < -0.3 is 4.74 Å². The number of hydrogen-bond donors (Lipinski definition) is 0. The maximum Gasteiger partial charge on any atom is 0.334 e. The van der Waals surface area contributed by atoms with Crippen molar-refractivity contribution in [1.29, 1.82) is 0 Å². The number of allylic oxidation sites excluding steroid dienone is 1. The van der Waals surface area contributed by atoms with E-state index in [1.807, 2.05) is 31.2 Å².